The van der Waals surface area contributed by atoms with Gasteiger partial charge in [-0.15, -0.1) is 0 Å². The van der Waals surface area contributed by atoms with Gasteiger partial charge in [0.15, 0.2) is 0 Å². The van der Waals surface area contributed by atoms with Gasteiger partial charge in [-0.1, -0.05) is 43.8 Å². The van der Waals surface area contributed by atoms with Crippen LogP contribution in [-0.4, -0.2) is 5.97 Å². The lowest BCUT2D eigenvalue weighted by Crippen LogP contribution is -2.10. The smallest absolute Gasteiger partial charge is 0.338 e. The number of ether oxygens (including phenoxy) is 1. The van der Waals surface area contributed by atoms with Crippen molar-refractivity contribution in [2.45, 2.75) is 27.2 Å². The zero-order chi connectivity index (χ0) is 14.0. The fourth-order valence-corrected chi connectivity index (χ4v) is 2.23. The van der Waals surface area contributed by atoms with Crippen LogP contribution in [0.15, 0.2) is 42.5 Å². The minimum absolute atomic E-state index is 0.370. The molecule has 0 aromatic heterocycles. The Morgan fingerprint density at radius 1 is 1.32 bits per heavy atom. The average Bonchev–Trinajstić information content (AvgIpc) is 2.38. The molecule has 0 saturated carbocycles. The summed E-state index contributed by atoms with van der Waals surface area (Å²) in [5.41, 5.74) is 2.63. The van der Waals surface area contributed by atoms with Gasteiger partial charge in [0.05, 0.1) is 0 Å². The fraction of sp³-hybridized carbons (Fsp3) is 0.235. The van der Waals surface area contributed by atoms with Crippen LogP contribution in [0.25, 0.3) is 10.8 Å². The van der Waals surface area contributed by atoms with Crippen molar-refractivity contribution < 1.29 is 9.53 Å². The second kappa shape index (κ2) is 5.27. The van der Waals surface area contributed by atoms with E-state index < -0.39 is 0 Å². The summed E-state index contributed by atoms with van der Waals surface area (Å²) >= 11 is 0. The molecule has 2 aromatic carbocycles. The normalized spacial score (nSPS) is 10.5. The number of esters is 1. The van der Waals surface area contributed by atoms with E-state index in [1.807, 2.05) is 31.2 Å². The highest BCUT2D eigenvalue weighted by Gasteiger charge is 2.15. The highest BCUT2D eigenvalue weighted by Crippen LogP contribution is 2.33. The average molecular weight is 254 g/mol. The summed E-state index contributed by atoms with van der Waals surface area (Å²) in [6.07, 6.45) is 0.829. The van der Waals surface area contributed by atoms with Crippen LogP contribution in [0.5, 0.6) is 5.75 Å². The number of fused-ring (bicyclic) bond motifs is 1. The van der Waals surface area contributed by atoms with Crippen LogP contribution in [0.4, 0.5) is 0 Å². The molecule has 0 unspecified atom stereocenters. The minimum atomic E-state index is -0.370. The molecule has 2 nitrogen and oxygen atoms in total. The van der Waals surface area contributed by atoms with Crippen molar-refractivity contribution in [1.29, 1.82) is 0 Å². The molecule has 0 N–H and O–H groups in total. The molecule has 0 aliphatic heterocycles. The molecule has 0 aliphatic rings. The van der Waals surface area contributed by atoms with Gasteiger partial charge in [0.1, 0.15) is 5.75 Å². The molecule has 0 saturated heterocycles. The van der Waals surface area contributed by atoms with Crippen LogP contribution in [0.1, 0.15) is 25.0 Å². The molecule has 0 spiro atoms. The van der Waals surface area contributed by atoms with Gasteiger partial charge in [-0.25, -0.2) is 4.79 Å². The third-order valence-corrected chi connectivity index (χ3v) is 3.22. The molecular formula is C17H18O2. The van der Waals surface area contributed by atoms with Crippen LogP contribution in [0.2, 0.25) is 0 Å². The van der Waals surface area contributed by atoms with Gasteiger partial charge in [-0.05, 0) is 36.8 Å². The quantitative estimate of drug-likeness (QED) is 0.466. The van der Waals surface area contributed by atoms with Crippen molar-refractivity contribution >= 4 is 16.7 Å². The monoisotopic (exact) mass is 254 g/mol. The fourth-order valence-electron chi connectivity index (χ4n) is 2.23. The summed E-state index contributed by atoms with van der Waals surface area (Å²) in [4.78, 5) is 11.8. The topological polar surface area (TPSA) is 26.3 Å². The van der Waals surface area contributed by atoms with E-state index in [0.717, 1.165) is 28.3 Å². The molecule has 0 amide bonds. The SMILES string of the molecule is C=C(C)C(=O)Oc1c(CC)c(C)cc2ccccc12. The maximum Gasteiger partial charge on any atom is 0.338 e. The number of rotatable bonds is 3. The molecule has 19 heavy (non-hydrogen) atoms. The van der Waals surface area contributed by atoms with Gasteiger partial charge in [0, 0.05) is 11.0 Å². The Bertz CT molecular complexity index is 654. The number of carbonyl (C=O) groups is 1. The Morgan fingerprint density at radius 2 is 2.00 bits per heavy atom. The van der Waals surface area contributed by atoms with E-state index in [2.05, 4.69) is 19.6 Å². The van der Waals surface area contributed by atoms with Crippen molar-refractivity contribution in [2.24, 2.45) is 0 Å². The molecule has 98 valence electrons. The maximum atomic E-state index is 11.8. The molecular weight excluding hydrogens is 236 g/mol. The summed E-state index contributed by atoms with van der Waals surface area (Å²) in [6, 6.07) is 10.1. The number of hydrogen-bond acceptors (Lipinski definition) is 2. The van der Waals surface area contributed by atoms with Gasteiger partial charge >= 0.3 is 5.97 Å². The van der Waals surface area contributed by atoms with Crippen molar-refractivity contribution in [3.63, 3.8) is 0 Å². The van der Waals surface area contributed by atoms with Crippen LogP contribution in [0.3, 0.4) is 0 Å². The van der Waals surface area contributed by atoms with Crippen molar-refractivity contribution in [2.75, 3.05) is 0 Å². The predicted molar refractivity (Wildman–Crippen MR) is 78.5 cm³/mol. The Labute approximate surface area is 113 Å². The number of hydrogen-bond donors (Lipinski definition) is 0. The summed E-state index contributed by atoms with van der Waals surface area (Å²) < 4.78 is 5.55. The first-order chi connectivity index (χ1) is 9.04. The van der Waals surface area contributed by atoms with Crippen LogP contribution < -0.4 is 4.74 Å². The van der Waals surface area contributed by atoms with Gasteiger partial charge in [0.2, 0.25) is 0 Å². The van der Waals surface area contributed by atoms with E-state index >= 15 is 0 Å². The third kappa shape index (κ3) is 2.53. The Hall–Kier alpha value is -2.09. The van der Waals surface area contributed by atoms with Gasteiger partial charge < -0.3 is 4.74 Å². The molecule has 2 aromatic rings. The lowest BCUT2D eigenvalue weighted by atomic mass is 9.98. The second-order valence-electron chi connectivity index (χ2n) is 4.75. The zero-order valence-corrected chi connectivity index (χ0v) is 11.6. The molecule has 2 heteroatoms. The lowest BCUT2D eigenvalue weighted by Gasteiger charge is -2.15. The standard InChI is InChI=1S/C17H18O2/c1-5-14-12(4)10-13-8-6-7-9-15(13)16(14)19-17(18)11(2)3/h6-10H,2,5H2,1,3-4H3. The lowest BCUT2D eigenvalue weighted by molar-refractivity contribution is -0.130. The summed E-state index contributed by atoms with van der Waals surface area (Å²) in [7, 11) is 0. The van der Waals surface area contributed by atoms with E-state index in [0.29, 0.717) is 11.3 Å². The molecule has 0 aliphatic carbocycles. The van der Waals surface area contributed by atoms with Crippen molar-refractivity contribution in [3.8, 4) is 5.75 Å². The first-order valence-electron chi connectivity index (χ1n) is 6.43. The highest BCUT2D eigenvalue weighted by molar-refractivity contribution is 5.95. The maximum absolute atomic E-state index is 11.8. The van der Waals surface area contributed by atoms with E-state index in [1.54, 1.807) is 6.92 Å². The zero-order valence-electron chi connectivity index (χ0n) is 11.6. The Balaban J connectivity index is 2.67. The number of carbonyl (C=O) groups excluding carboxylic acids is 1. The minimum Gasteiger partial charge on any atom is -0.422 e. The van der Waals surface area contributed by atoms with Gasteiger partial charge in [-0.2, -0.15) is 0 Å². The van der Waals surface area contributed by atoms with Crippen LogP contribution >= 0.6 is 0 Å². The van der Waals surface area contributed by atoms with Gasteiger partial charge in [-0.3, -0.25) is 0 Å². The van der Waals surface area contributed by atoms with Crippen LogP contribution in [-0.2, 0) is 11.2 Å². The van der Waals surface area contributed by atoms with E-state index in [1.165, 1.54) is 0 Å². The summed E-state index contributed by atoms with van der Waals surface area (Å²) in [6.45, 7) is 9.40. The largest absolute Gasteiger partial charge is 0.422 e. The Morgan fingerprint density at radius 3 is 2.63 bits per heavy atom. The third-order valence-electron chi connectivity index (χ3n) is 3.22. The van der Waals surface area contributed by atoms with E-state index in [4.69, 9.17) is 4.74 Å². The van der Waals surface area contributed by atoms with Crippen molar-refractivity contribution in [3.05, 3.63) is 53.6 Å². The molecule has 0 radical (unpaired) electrons. The predicted octanol–water partition coefficient (Wildman–Crippen LogP) is 4.19. The van der Waals surface area contributed by atoms with E-state index in [-0.39, 0.29) is 5.97 Å². The summed E-state index contributed by atoms with van der Waals surface area (Å²) in [5.74, 6) is 0.302. The second-order valence-corrected chi connectivity index (χ2v) is 4.75. The van der Waals surface area contributed by atoms with E-state index in [9.17, 15) is 4.79 Å². The van der Waals surface area contributed by atoms with Crippen LogP contribution in [0, 0.1) is 6.92 Å². The number of benzene rings is 2. The summed E-state index contributed by atoms with van der Waals surface area (Å²) in [5, 5.41) is 2.06. The first kappa shape index (κ1) is 13.3. The number of aryl methyl sites for hydroxylation is 1. The molecule has 0 bridgehead atoms. The molecule has 2 rings (SSSR count). The molecule has 0 fully saturated rings. The highest BCUT2D eigenvalue weighted by atomic mass is 16.5. The molecule has 0 heterocycles. The van der Waals surface area contributed by atoms with Gasteiger partial charge in [0.25, 0.3) is 0 Å². The Kier molecular flexibility index (Phi) is 3.70. The first-order valence-corrected chi connectivity index (χ1v) is 6.43. The molecule has 0 atom stereocenters. The van der Waals surface area contributed by atoms with Crippen molar-refractivity contribution in [1.82, 2.24) is 0 Å².